The highest BCUT2D eigenvalue weighted by molar-refractivity contribution is 8.14. The monoisotopic (exact) mass is 650 g/mol. The van der Waals surface area contributed by atoms with E-state index in [1.54, 1.807) is 11.8 Å². The molecule has 0 bridgehead atoms. The Morgan fingerprint density at radius 1 is 1.04 bits per heavy atom. The Morgan fingerprint density at radius 3 is 2.37 bits per heavy atom. The molecule has 2 amide bonds. The number of amidine groups is 1. The van der Waals surface area contributed by atoms with Gasteiger partial charge in [0.25, 0.3) is 0 Å². The summed E-state index contributed by atoms with van der Waals surface area (Å²) >= 11 is 1.61. The van der Waals surface area contributed by atoms with Crippen LogP contribution in [-0.4, -0.2) is 50.7 Å². The molecule has 0 aliphatic carbocycles. The molecular weight excluding hydrogens is 613 g/mol. The highest BCUT2D eigenvalue weighted by Crippen LogP contribution is 2.34. The quantitative estimate of drug-likeness (QED) is 0.207. The number of aryl methyl sites for hydroxylation is 2. The molecule has 8 nitrogen and oxygen atoms in total. The summed E-state index contributed by atoms with van der Waals surface area (Å²) in [5.74, 6) is 1.10. The number of para-hydroxylation sites is 1. The summed E-state index contributed by atoms with van der Waals surface area (Å²) in [4.78, 5) is 24.1. The van der Waals surface area contributed by atoms with Crippen LogP contribution in [0, 0.1) is 19.3 Å². The third-order valence-electron chi connectivity index (χ3n) is 7.73. The molecule has 0 saturated carbocycles. The molecule has 1 fully saturated rings. The largest absolute Gasteiger partial charge is 0.573 e. The molecule has 1 N–H and O–H groups in total. The first-order valence-electron chi connectivity index (χ1n) is 15.0. The number of rotatable bonds is 8. The Labute approximate surface area is 271 Å². The molecule has 1 aliphatic heterocycles. The second kappa shape index (κ2) is 13.6. The number of aliphatic imine (C=N–C) groups is 1. The van der Waals surface area contributed by atoms with Crippen molar-refractivity contribution in [1.29, 1.82) is 0 Å². The van der Waals surface area contributed by atoms with Crippen molar-refractivity contribution in [1.82, 2.24) is 20.1 Å². The van der Waals surface area contributed by atoms with Gasteiger partial charge in [-0.3, -0.25) is 0 Å². The van der Waals surface area contributed by atoms with Gasteiger partial charge in [-0.25, -0.2) is 14.5 Å². The van der Waals surface area contributed by atoms with Crippen molar-refractivity contribution >= 4 is 28.6 Å². The maximum absolute atomic E-state index is 13.0. The Hall–Kier alpha value is -4.32. The van der Waals surface area contributed by atoms with Crippen LogP contribution in [0.5, 0.6) is 5.75 Å². The summed E-state index contributed by atoms with van der Waals surface area (Å²) in [5.41, 5.74) is 5.64. The van der Waals surface area contributed by atoms with Crippen LogP contribution >= 0.6 is 11.8 Å². The predicted octanol–water partition coefficient (Wildman–Crippen LogP) is 8.12. The van der Waals surface area contributed by atoms with Gasteiger partial charge >= 0.3 is 12.4 Å². The number of amides is 2. The average molecular weight is 651 g/mol. The number of nitrogens with one attached hydrogen (secondary N) is 1. The number of alkyl halides is 3. The second-order valence-electron chi connectivity index (χ2n) is 12.2. The van der Waals surface area contributed by atoms with Crippen LogP contribution in [0.1, 0.15) is 43.9 Å². The maximum Gasteiger partial charge on any atom is 0.573 e. The molecular formula is C34H37F3N6O2S. The lowest BCUT2D eigenvalue weighted by atomic mass is 9.85. The van der Waals surface area contributed by atoms with Crippen LogP contribution in [-0.2, 0) is 6.42 Å². The third kappa shape index (κ3) is 8.28. The molecule has 2 heterocycles. The molecule has 1 unspecified atom stereocenters. The fourth-order valence-electron chi connectivity index (χ4n) is 5.44. The number of hydrogen-bond acceptors (Lipinski definition) is 5. The minimum Gasteiger partial charge on any atom is -0.406 e. The van der Waals surface area contributed by atoms with Gasteiger partial charge in [0.1, 0.15) is 12.1 Å². The number of halogens is 3. The van der Waals surface area contributed by atoms with E-state index in [4.69, 9.17) is 0 Å². The third-order valence-corrected chi connectivity index (χ3v) is 8.72. The first-order valence-corrected chi connectivity index (χ1v) is 16.0. The summed E-state index contributed by atoms with van der Waals surface area (Å²) in [6.07, 6.45) is -1.51. The molecule has 46 heavy (non-hydrogen) atoms. The standard InChI is InChI=1S/C34H37F3N6O2S/c1-22-7-6-8-23(2)29(22)43-24(3)17-18-46-32(43)40-31(44)38-20-33(4,5)19-25-9-11-26(12-10-25)30-39-21-42(41-30)27-13-15-28(16-14-27)45-34(35,36)37/h6-16,21,24H,17-20H2,1-5H3,(H,38,44)/b40-32-. The van der Waals surface area contributed by atoms with Gasteiger partial charge in [0.15, 0.2) is 11.0 Å². The molecule has 5 rings (SSSR count). The van der Waals surface area contributed by atoms with Gasteiger partial charge in [-0.2, -0.15) is 4.99 Å². The van der Waals surface area contributed by atoms with Gasteiger partial charge in [-0.05, 0) is 80.0 Å². The number of hydrogen-bond donors (Lipinski definition) is 1. The van der Waals surface area contributed by atoms with Crippen molar-refractivity contribution in [2.75, 3.05) is 17.2 Å². The van der Waals surface area contributed by atoms with Gasteiger partial charge in [0.2, 0.25) is 0 Å². The van der Waals surface area contributed by atoms with E-state index in [-0.39, 0.29) is 23.2 Å². The molecule has 12 heteroatoms. The molecule has 1 atom stereocenters. The zero-order valence-electron chi connectivity index (χ0n) is 26.4. The molecule has 4 aromatic rings. The molecule has 242 valence electrons. The van der Waals surface area contributed by atoms with E-state index in [9.17, 15) is 18.0 Å². The number of ether oxygens (including phenoxy) is 1. The predicted molar refractivity (Wildman–Crippen MR) is 177 cm³/mol. The normalized spacial score (nSPS) is 16.5. The number of thioether (sulfide) groups is 1. The van der Waals surface area contributed by atoms with Crippen molar-refractivity contribution in [3.05, 3.63) is 89.7 Å². The minimum atomic E-state index is -4.75. The summed E-state index contributed by atoms with van der Waals surface area (Å²) in [6.45, 7) is 11.0. The van der Waals surface area contributed by atoms with Crippen LogP contribution in [0.2, 0.25) is 0 Å². The van der Waals surface area contributed by atoms with Crippen LogP contribution < -0.4 is 15.0 Å². The summed E-state index contributed by atoms with van der Waals surface area (Å²) in [7, 11) is 0. The maximum atomic E-state index is 13.0. The van der Waals surface area contributed by atoms with Crippen molar-refractivity contribution in [2.45, 2.75) is 59.9 Å². The summed E-state index contributed by atoms with van der Waals surface area (Å²) in [6, 6.07) is 19.4. The van der Waals surface area contributed by atoms with Gasteiger partial charge in [0, 0.05) is 29.6 Å². The molecule has 3 aromatic carbocycles. The van der Waals surface area contributed by atoms with Gasteiger partial charge in [0.05, 0.1) is 5.69 Å². The van der Waals surface area contributed by atoms with Gasteiger partial charge in [-0.1, -0.05) is 68.1 Å². The summed E-state index contributed by atoms with van der Waals surface area (Å²) in [5, 5.41) is 8.22. The van der Waals surface area contributed by atoms with E-state index >= 15 is 0 Å². The number of carbonyl (C=O) groups excluding carboxylic acids is 1. The second-order valence-corrected chi connectivity index (χ2v) is 13.3. The number of carbonyl (C=O) groups is 1. The smallest absolute Gasteiger partial charge is 0.406 e. The zero-order chi connectivity index (χ0) is 33.1. The first-order chi connectivity index (χ1) is 21.8. The fourth-order valence-corrected chi connectivity index (χ4v) is 6.64. The van der Waals surface area contributed by atoms with Crippen LogP contribution in [0.3, 0.4) is 0 Å². The van der Waals surface area contributed by atoms with Crippen molar-refractivity contribution < 1.29 is 22.7 Å². The Bertz CT molecular complexity index is 1680. The Balaban J connectivity index is 1.19. The summed E-state index contributed by atoms with van der Waals surface area (Å²) < 4.78 is 42.7. The van der Waals surface area contributed by atoms with Crippen LogP contribution in [0.4, 0.5) is 23.7 Å². The van der Waals surface area contributed by atoms with Gasteiger partial charge in [-0.15, -0.1) is 18.3 Å². The molecule has 0 radical (unpaired) electrons. The van der Waals surface area contributed by atoms with Crippen LogP contribution in [0.25, 0.3) is 17.1 Å². The first kappa shape index (κ1) is 33.1. The van der Waals surface area contributed by atoms with Crippen molar-refractivity contribution in [3.8, 4) is 22.8 Å². The van der Waals surface area contributed by atoms with Gasteiger partial charge < -0.3 is 15.0 Å². The van der Waals surface area contributed by atoms with Crippen molar-refractivity contribution in [3.63, 3.8) is 0 Å². The van der Waals surface area contributed by atoms with E-state index in [1.165, 1.54) is 35.3 Å². The molecule has 0 spiro atoms. The lowest BCUT2D eigenvalue weighted by molar-refractivity contribution is -0.274. The molecule has 1 aromatic heterocycles. The SMILES string of the molecule is Cc1cccc(C)c1N1/C(=N/C(=O)NCC(C)(C)Cc2ccc(-c3ncn(-c4ccc(OC(F)(F)F)cc4)n3)cc2)SCCC1C. The highest BCUT2D eigenvalue weighted by Gasteiger charge is 2.31. The Morgan fingerprint density at radius 2 is 1.72 bits per heavy atom. The van der Waals surface area contributed by atoms with E-state index in [2.05, 4.69) is 76.8 Å². The van der Waals surface area contributed by atoms with Crippen LogP contribution in [0.15, 0.2) is 78.0 Å². The van der Waals surface area contributed by atoms with E-state index in [0.717, 1.165) is 51.7 Å². The van der Waals surface area contributed by atoms with E-state index in [0.29, 0.717) is 18.1 Å². The highest BCUT2D eigenvalue weighted by atomic mass is 32.2. The number of nitrogens with zero attached hydrogens (tertiary/aromatic N) is 5. The zero-order valence-corrected chi connectivity index (χ0v) is 27.2. The topological polar surface area (TPSA) is 84.6 Å². The number of aromatic nitrogens is 3. The number of benzene rings is 3. The van der Waals surface area contributed by atoms with E-state index in [1.807, 2.05) is 30.3 Å². The number of anilines is 1. The van der Waals surface area contributed by atoms with E-state index < -0.39 is 6.36 Å². The lowest BCUT2D eigenvalue weighted by Crippen LogP contribution is -2.43. The molecule has 1 saturated heterocycles. The minimum absolute atomic E-state index is 0.238. The van der Waals surface area contributed by atoms with Crippen molar-refractivity contribution in [2.24, 2.45) is 10.4 Å². The lowest BCUT2D eigenvalue weighted by Gasteiger charge is -2.37. The Kier molecular flexibility index (Phi) is 9.76. The number of urea groups is 1. The average Bonchev–Trinajstić information content (AvgIpc) is 3.48. The molecule has 1 aliphatic rings. The fraction of sp³-hybridized carbons (Fsp3) is 0.353.